The zero-order valence-electron chi connectivity index (χ0n) is 12.4. The molecule has 1 atom stereocenters. The fourth-order valence-electron chi connectivity index (χ4n) is 2.75. The number of nitrogens with one attached hydrogen (secondary N) is 1. The van der Waals surface area contributed by atoms with Gasteiger partial charge < -0.3 is 4.42 Å². The Morgan fingerprint density at radius 1 is 1.24 bits per heavy atom. The van der Waals surface area contributed by atoms with Gasteiger partial charge in [0.05, 0.1) is 21.3 Å². The van der Waals surface area contributed by atoms with Crippen LogP contribution in [0.2, 0.25) is 0 Å². The molecule has 2 heterocycles. The number of thiazole rings is 1. The van der Waals surface area contributed by atoms with Gasteiger partial charge in [-0.2, -0.15) is 0 Å². The standard InChI is InChI=1S/C16H19N3OS/c1-9-10(2)20-11(3)16(9)13(19-17)8-15-18-12-6-4-5-7-14(12)21-15/h4-7,13,19H,8,17H2,1-3H3. The molecule has 0 saturated heterocycles. The number of furan rings is 1. The lowest BCUT2D eigenvalue weighted by atomic mass is 10.0. The van der Waals surface area contributed by atoms with Gasteiger partial charge in [0.15, 0.2) is 0 Å². The van der Waals surface area contributed by atoms with Crippen molar-refractivity contribution in [3.8, 4) is 0 Å². The van der Waals surface area contributed by atoms with Gasteiger partial charge in [-0.3, -0.25) is 11.3 Å². The van der Waals surface area contributed by atoms with Crippen LogP contribution in [0.25, 0.3) is 10.2 Å². The molecule has 1 aromatic carbocycles. The first-order chi connectivity index (χ1) is 10.1. The van der Waals surface area contributed by atoms with Crippen LogP contribution in [-0.2, 0) is 6.42 Å². The Morgan fingerprint density at radius 2 is 2.00 bits per heavy atom. The molecule has 4 nitrogen and oxygen atoms in total. The predicted octanol–water partition coefficient (Wildman–Crippen LogP) is 3.56. The molecule has 0 radical (unpaired) electrons. The Kier molecular flexibility index (Phi) is 3.80. The van der Waals surface area contributed by atoms with Crippen molar-refractivity contribution in [3.05, 3.63) is 51.9 Å². The van der Waals surface area contributed by atoms with Gasteiger partial charge in [-0.1, -0.05) is 12.1 Å². The van der Waals surface area contributed by atoms with E-state index >= 15 is 0 Å². The Labute approximate surface area is 128 Å². The summed E-state index contributed by atoms with van der Waals surface area (Å²) in [6.07, 6.45) is 0.760. The van der Waals surface area contributed by atoms with Crippen molar-refractivity contribution in [2.75, 3.05) is 0 Å². The summed E-state index contributed by atoms with van der Waals surface area (Å²) in [5.41, 5.74) is 6.27. The molecule has 21 heavy (non-hydrogen) atoms. The number of hydrogen-bond donors (Lipinski definition) is 2. The van der Waals surface area contributed by atoms with E-state index in [-0.39, 0.29) is 6.04 Å². The van der Waals surface area contributed by atoms with Gasteiger partial charge in [0, 0.05) is 12.0 Å². The Balaban J connectivity index is 1.93. The molecule has 0 aliphatic carbocycles. The van der Waals surface area contributed by atoms with E-state index in [0.29, 0.717) is 0 Å². The summed E-state index contributed by atoms with van der Waals surface area (Å²) in [7, 11) is 0. The molecule has 2 aromatic heterocycles. The maximum absolute atomic E-state index is 5.78. The lowest BCUT2D eigenvalue weighted by Gasteiger charge is -2.15. The molecule has 0 amide bonds. The van der Waals surface area contributed by atoms with Crippen LogP contribution >= 0.6 is 11.3 Å². The van der Waals surface area contributed by atoms with E-state index in [1.807, 2.05) is 32.0 Å². The predicted molar refractivity (Wildman–Crippen MR) is 86.3 cm³/mol. The molecule has 110 valence electrons. The number of hydrogen-bond acceptors (Lipinski definition) is 5. The second-order valence-electron chi connectivity index (χ2n) is 5.25. The largest absolute Gasteiger partial charge is 0.466 e. The van der Waals surface area contributed by atoms with E-state index in [1.54, 1.807) is 11.3 Å². The second kappa shape index (κ2) is 5.60. The van der Waals surface area contributed by atoms with Crippen LogP contribution in [0.4, 0.5) is 0 Å². The molecule has 5 heteroatoms. The summed E-state index contributed by atoms with van der Waals surface area (Å²) >= 11 is 1.72. The number of para-hydroxylation sites is 1. The molecule has 3 aromatic rings. The second-order valence-corrected chi connectivity index (χ2v) is 6.37. The summed E-state index contributed by atoms with van der Waals surface area (Å²) in [6.45, 7) is 6.04. The summed E-state index contributed by atoms with van der Waals surface area (Å²) < 4.78 is 6.92. The third-order valence-corrected chi connectivity index (χ3v) is 4.94. The lowest BCUT2D eigenvalue weighted by Crippen LogP contribution is -2.30. The number of nitrogens with two attached hydrogens (primary N) is 1. The molecule has 0 aliphatic heterocycles. The maximum atomic E-state index is 5.78. The van der Waals surface area contributed by atoms with E-state index < -0.39 is 0 Å². The number of benzene rings is 1. The molecule has 3 rings (SSSR count). The molecule has 3 N–H and O–H groups in total. The number of aryl methyl sites for hydroxylation is 2. The third-order valence-electron chi connectivity index (χ3n) is 3.88. The van der Waals surface area contributed by atoms with Crippen molar-refractivity contribution >= 4 is 21.6 Å². The zero-order chi connectivity index (χ0) is 15.0. The van der Waals surface area contributed by atoms with Gasteiger partial charge in [-0.15, -0.1) is 11.3 Å². The number of fused-ring (bicyclic) bond motifs is 1. The van der Waals surface area contributed by atoms with E-state index in [9.17, 15) is 0 Å². The minimum absolute atomic E-state index is 0.0167. The summed E-state index contributed by atoms with van der Waals surface area (Å²) in [5, 5.41) is 1.08. The fourth-order valence-corrected chi connectivity index (χ4v) is 3.76. The summed E-state index contributed by atoms with van der Waals surface area (Å²) in [6, 6.07) is 8.20. The number of rotatable bonds is 4. The maximum Gasteiger partial charge on any atom is 0.106 e. The van der Waals surface area contributed by atoms with E-state index in [1.165, 1.54) is 4.70 Å². The van der Waals surface area contributed by atoms with Crippen molar-refractivity contribution in [2.45, 2.75) is 33.2 Å². The Hall–Kier alpha value is -1.69. The van der Waals surface area contributed by atoms with E-state index in [0.717, 1.165) is 39.6 Å². The van der Waals surface area contributed by atoms with Gasteiger partial charge in [0.25, 0.3) is 0 Å². The lowest BCUT2D eigenvalue weighted by molar-refractivity contribution is 0.484. The Morgan fingerprint density at radius 3 is 2.62 bits per heavy atom. The summed E-state index contributed by atoms with van der Waals surface area (Å²) in [5.74, 6) is 7.66. The van der Waals surface area contributed by atoms with Crippen LogP contribution in [0.5, 0.6) is 0 Å². The smallest absolute Gasteiger partial charge is 0.106 e. The van der Waals surface area contributed by atoms with Crippen LogP contribution < -0.4 is 11.3 Å². The van der Waals surface area contributed by atoms with Gasteiger partial charge >= 0.3 is 0 Å². The first-order valence-corrected chi connectivity index (χ1v) is 7.79. The highest BCUT2D eigenvalue weighted by Gasteiger charge is 2.21. The minimum Gasteiger partial charge on any atom is -0.466 e. The van der Waals surface area contributed by atoms with Gasteiger partial charge in [0.1, 0.15) is 11.5 Å². The normalized spacial score (nSPS) is 13.0. The van der Waals surface area contributed by atoms with Gasteiger partial charge in [-0.25, -0.2) is 4.98 Å². The van der Waals surface area contributed by atoms with Crippen LogP contribution in [-0.4, -0.2) is 4.98 Å². The van der Waals surface area contributed by atoms with Gasteiger partial charge in [0.2, 0.25) is 0 Å². The first-order valence-electron chi connectivity index (χ1n) is 6.97. The SMILES string of the molecule is Cc1oc(C)c(C(Cc2nc3ccccc3s2)NN)c1C. The van der Waals surface area contributed by atoms with Crippen LogP contribution in [0.3, 0.4) is 0 Å². The minimum atomic E-state index is 0.0167. The zero-order valence-corrected chi connectivity index (χ0v) is 13.3. The third kappa shape index (κ3) is 2.60. The molecule has 1 unspecified atom stereocenters. The molecule has 0 spiro atoms. The van der Waals surface area contributed by atoms with Gasteiger partial charge in [-0.05, 0) is 38.5 Å². The fraction of sp³-hybridized carbons (Fsp3) is 0.312. The summed E-state index contributed by atoms with van der Waals surface area (Å²) in [4.78, 5) is 4.68. The highest BCUT2D eigenvalue weighted by molar-refractivity contribution is 7.18. The van der Waals surface area contributed by atoms with Crippen molar-refractivity contribution in [2.24, 2.45) is 5.84 Å². The van der Waals surface area contributed by atoms with Crippen molar-refractivity contribution in [3.63, 3.8) is 0 Å². The van der Waals surface area contributed by atoms with Crippen molar-refractivity contribution < 1.29 is 4.42 Å². The first kappa shape index (κ1) is 14.3. The van der Waals surface area contributed by atoms with E-state index in [2.05, 4.69) is 23.4 Å². The number of nitrogens with zero attached hydrogens (tertiary/aromatic N) is 1. The Bertz CT molecular complexity index is 742. The average molecular weight is 301 g/mol. The van der Waals surface area contributed by atoms with E-state index in [4.69, 9.17) is 10.3 Å². The van der Waals surface area contributed by atoms with Crippen LogP contribution in [0.15, 0.2) is 28.7 Å². The quantitative estimate of drug-likeness (QED) is 0.571. The number of hydrazine groups is 1. The highest BCUT2D eigenvalue weighted by Crippen LogP contribution is 2.31. The number of aromatic nitrogens is 1. The topological polar surface area (TPSA) is 64.1 Å². The molecule has 0 aliphatic rings. The van der Waals surface area contributed by atoms with Crippen LogP contribution in [0, 0.1) is 20.8 Å². The average Bonchev–Trinajstić information content (AvgIpc) is 2.98. The molecule has 0 bridgehead atoms. The van der Waals surface area contributed by atoms with Crippen LogP contribution in [0.1, 0.15) is 33.7 Å². The van der Waals surface area contributed by atoms with Crippen molar-refractivity contribution in [1.82, 2.24) is 10.4 Å². The highest BCUT2D eigenvalue weighted by atomic mass is 32.1. The molecule has 0 fully saturated rings. The monoisotopic (exact) mass is 301 g/mol. The molecule has 0 saturated carbocycles. The molecular weight excluding hydrogens is 282 g/mol. The van der Waals surface area contributed by atoms with Crippen molar-refractivity contribution in [1.29, 1.82) is 0 Å². The molecular formula is C16H19N3OS.